The van der Waals surface area contributed by atoms with Gasteiger partial charge in [-0.25, -0.2) is 9.97 Å². The number of carbonyl (C=O) groups excluding carboxylic acids is 1. The molecule has 1 unspecified atom stereocenters. The highest BCUT2D eigenvalue weighted by Crippen LogP contribution is 2.29. The van der Waals surface area contributed by atoms with Gasteiger partial charge in [0.2, 0.25) is 5.91 Å². The van der Waals surface area contributed by atoms with Gasteiger partial charge in [-0.3, -0.25) is 4.79 Å². The van der Waals surface area contributed by atoms with Crippen molar-refractivity contribution in [1.82, 2.24) is 14.9 Å². The summed E-state index contributed by atoms with van der Waals surface area (Å²) in [7, 11) is 0. The fourth-order valence-corrected chi connectivity index (χ4v) is 4.18. The highest BCUT2D eigenvalue weighted by atomic mass is 16.2. The molecule has 152 valence electrons. The van der Waals surface area contributed by atoms with Crippen molar-refractivity contribution in [3.05, 3.63) is 17.1 Å². The smallest absolute Gasteiger partial charge is 0.225 e. The van der Waals surface area contributed by atoms with Gasteiger partial charge in [0, 0.05) is 43.4 Å². The number of aryl methyl sites for hydroxylation is 2. The number of hydrogen-bond donors (Lipinski definition) is 0. The average molecular weight is 375 g/mol. The molecule has 2 heterocycles. The molecule has 1 amide bonds. The normalized spacial score (nSPS) is 16.6. The predicted molar refractivity (Wildman–Crippen MR) is 112 cm³/mol. The largest absolute Gasteiger partial charge is 0.354 e. The maximum absolute atomic E-state index is 13.0. The predicted octanol–water partition coefficient (Wildman–Crippen LogP) is 4.47. The number of nitrogens with zero attached hydrogens (tertiary/aromatic N) is 4. The second-order valence-corrected chi connectivity index (χ2v) is 8.16. The van der Waals surface area contributed by atoms with Crippen LogP contribution in [0.1, 0.15) is 82.8 Å². The number of carbonyl (C=O) groups is 1. The van der Waals surface area contributed by atoms with E-state index in [0.29, 0.717) is 11.8 Å². The van der Waals surface area contributed by atoms with Gasteiger partial charge in [0.1, 0.15) is 11.6 Å². The van der Waals surface area contributed by atoms with Crippen LogP contribution in [0.15, 0.2) is 0 Å². The first-order valence-electron chi connectivity index (χ1n) is 10.8. The molecule has 0 bridgehead atoms. The molecule has 2 rings (SSSR count). The Morgan fingerprint density at radius 2 is 1.81 bits per heavy atom. The van der Waals surface area contributed by atoms with Crippen LogP contribution in [0, 0.1) is 19.8 Å². The highest BCUT2D eigenvalue weighted by molar-refractivity contribution is 5.79. The summed E-state index contributed by atoms with van der Waals surface area (Å²) < 4.78 is 0. The Labute approximate surface area is 165 Å². The number of rotatable bonds is 7. The zero-order valence-electron chi connectivity index (χ0n) is 18.2. The third-order valence-corrected chi connectivity index (χ3v) is 5.66. The number of aromatic nitrogens is 2. The molecule has 0 spiro atoms. The molecule has 1 fully saturated rings. The zero-order chi connectivity index (χ0) is 20.0. The molecule has 5 heteroatoms. The summed E-state index contributed by atoms with van der Waals surface area (Å²) in [6.45, 7) is 16.3. The van der Waals surface area contributed by atoms with Crippen LogP contribution in [0.25, 0.3) is 0 Å². The molecule has 1 aromatic rings. The van der Waals surface area contributed by atoms with Crippen molar-refractivity contribution in [2.75, 3.05) is 31.1 Å². The minimum Gasteiger partial charge on any atom is -0.354 e. The summed E-state index contributed by atoms with van der Waals surface area (Å²) >= 11 is 0. The summed E-state index contributed by atoms with van der Waals surface area (Å²) in [4.78, 5) is 26.8. The van der Waals surface area contributed by atoms with E-state index < -0.39 is 0 Å². The first-order chi connectivity index (χ1) is 12.9. The van der Waals surface area contributed by atoms with E-state index in [1.165, 1.54) is 5.56 Å². The molecule has 0 aliphatic carbocycles. The minimum atomic E-state index is 0.186. The van der Waals surface area contributed by atoms with Crippen LogP contribution in [0.2, 0.25) is 0 Å². The van der Waals surface area contributed by atoms with Crippen LogP contribution in [0.4, 0.5) is 5.82 Å². The van der Waals surface area contributed by atoms with Crippen molar-refractivity contribution in [3.8, 4) is 0 Å². The third kappa shape index (κ3) is 5.43. The quantitative estimate of drug-likeness (QED) is 0.706. The van der Waals surface area contributed by atoms with Gasteiger partial charge in [0.25, 0.3) is 0 Å². The Morgan fingerprint density at radius 1 is 1.07 bits per heavy atom. The third-order valence-electron chi connectivity index (χ3n) is 5.66. The molecule has 1 aliphatic heterocycles. The van der Waals surface area contributed by atoms with Crippen molar-refractivity contribution in [2.24, 2.45) is 5.92 Å². The fourth-order valence-electron chi connectivity index (χ4n) is 4.18. The van der Waals surface area contributed by atoms with Crippen LogP contribution in [0.5, 0.6) is 0 Å². The van der Waals surface area contributed by atoms with Crippen LogP contribution in [-0.2, 0) is 4.79 Å². The second kappa shape index (κ2) is 10.0. The van der Waals surface area contributed by atoms with Crippen LogP contribution >= 0.6 is 0 Å². The van der Waals surface area contributed by atoms with Gasteiger partial charge < -0.3 is 9.80 Å². The van der Waals surface area contributed by atoms with Crippen LogP contribution in [0.3, 0.4) is 0 Å². The first-order valence-corrected chi connectivity index (χ1v) is 10.8. The number of amides is 1. The molecular formula is C22H38N4O. The van der Waals surface area contributed by atoms with E-state index in [1.807, 2.05) is 6.92 Å². The minimum absolute atomic E-state index is 0.186. The first kappa shape index (κ1) is 21.6. The van der Waals surface area contributed by atoms with E-state index in [2.05, 4.69) is 49.4 Å². The molecule has 1 saturated heterocycles. The van der Waals surface area contributed by atoms with Crippen molar-refractivity contribution < 1.29 is 4.79 Å². The SMILES string of the molecule is CCCCC(CC)C(=O)N1CCCN(c2nc(C)nc(C)c2C(C)C)CC1. The molecular weight excluding hydrogens is 336 g/mol. The Hall–Kier alpha value is -1.65. The van der Waals surface area contributed by atoms with Crippen molar-refractivity contribution >= 4 is 11.7 Å². The van der Waals surface area contributed by atoms with E-state index in [4.69, 9.17) is 4.98 Å². The van der Waals surface area contributed by atoms with E-state index >= 15 is 0 Å². The van der Waals surface area contributed by atoms with E-state index in [0.717, 1.165) is 75.6 Å². The highest BCUT2D eigenvalue weighted by Gasteiger charge is 2.26. The van der Waals surface area contributed by atoms with Crippen molar-refractivity contribution in [2.45, 2.75) is 79.6 Å². The summed E-state index contributed by atoms with van der Waals surface area (Å²) in [6.07, 6.45) is 5.26. The van der Waals surface area contributed by atoms with E-state index in [-0.39, 0.29) is 5.92 Å². The van der Waals surface area contributed by atoms with E-state index in [1.54, 1.807) is 0 Å². The van der Waals surface area contributed by atoms with Gasteiger partial charge in [-0.05, 0) is 39.0 Å². The van der Waals surface area contributed by atoms with Gasteiger partial charge in [-0.15, -0.1) is 0 Å². The van der Waals surface area contributed by atoms with E-state index in [9.17, 15) is 4.79 Å². The lowest BCUT2D eigenvalue weighted by atomic mass is 9.97. The summed E-state index contributed by atoms with van der Waals surface area (Å²) in [5, 5.41) is 0. The standard InChI is InChI=1S/C22H38N4O/c1-7-9-11-19(8-2)22(27)26-13-10-12-25(14-15-26)21-20(16(3)4)17(5)23-18(6)24-21/h16,19H,7-15H2,1-6H3. The summed E-state index contributed by atoms with van der Waals surface area (Å²) in [5.74, 6) is 2.83. The maximum Gasteiger partial charge on any atom is 0.225 e. The lowest BCUT2D eigenvalue weighted by Crippen LogP contribution is -2.39. The van der Waals surface area contributed by atoms with Crippen molar-refractivity contribution in [3.63, 3.8) is 0 Å². The number of anilines is 1. The Morgan fingerprint density at radius 3 is 2.44 bits per heavy atom. The Bertz CT molecular complexity index is 629. The number of hydrogen-bond acceptors (Lipinski definition) is 4. The molecule has 5 nitrogen and oxygen atoms in total. The lowest BCUT2D eigenvalue weighted by molar-refractivity contribution is -0.135. The topological polar surface area (TPSA) is 49.3 Å². The summed E-state index contributed by atoms with van der Waals surface area (Å²) in [5.41, 5.74) is 2.32. The molecule has 1 atom stereocenters. The molecule has 0 saturated carbocycles. The average Bonchev–Trinajstić information content (AvgIpc) is 2.87. The molecule has 27 heavy (non-hydrogen) atoms. The van der Waals surface area contributed by atoms with Crippen LogP contribution in [-0.4, -0.2) is 47.0 Å². The molecule has 0 radical (unpaired) electrons. The van der Waals surface area contributed by atoms with Gasteiger partial charge in [-0.1, -0.05) is 40.5 Å². The number of unbranched alkanes of at least 4 members (excludes halogenated alkanes) is 1. The Balaban J connectivity index is 2.14. The lowest BCUT2D eigenvalue weighted by Gasteiger charge is -2.28. The summed E-state index contributed by atoms with van der Waals surface area (Å²) in [6, 6.07) is 0. The maximum atomic E-state index is 13.0. The van der Waals surface area contributed by atoms with Crippen molar-refractivity contribution in [1.29, 1.82) is 0 Å². The molecule has 1 aromatic heterocycles. The van der Waals surface area contributed by atoms with Gasteiger partial charge >= 0.3 is 0 Å². The van der Waals surface area contributed by atoms with Crippen LogP contribution < -0.4 is 4.90 Å². The Kier molecular flexibility index (Phi) is 8.06. The molecule has 1 aliphatic rings. The zero-order valence-corrected chi connectivity index (χ0v) is 18.2. The van der Waals surface area contributed by atoms with Gasteiger partial charge in [0.15, 0.2) is 0 Å². The fraction of sp³-hybridized carbons (Fsp3) is 0.773. The molecule has 0 N–H and O–H groups in total. The second-order valence-electron chi connectivity index (χ2n) is 8.16. The van der Waals surface area contributed by atoms with Gasteiger partial charge in [-0.2, -0.15) is 0 Å². The monoisotopic (exact) mass is 374 g/mol. The molecule has 0 aromatic carbocycles. The van der Waals surface area contributed by atoms with Gasteiger partial charge in [0.05, 0.1) is 0 Å².